The van der Waals surface area contributed by atoms with E-state index >= 15 is 0 Å². The number of hydrogen-bond acceptors (Lipinski definition) is 6. The highest BCUT2D eigenvalue weighted by Gasteiger charge is 2.33. The lowest BCUT2D eigenvalue weighted by Crippen LogP contribution is -2.57. The van der Waals surface area contributed by atoms with E-state index in [-0.39, 0.29) is 0 Å². The van der Waals surface area contributed by atoms with Gasteiger partial charge in [0.25, 0.3) is 0 Å². The van der Waals surface area contributed by atoms with Crippen molar-refractivity contribution in [2.45, 2.75) is 30.8 Å². The number of guanidine groups is 1. The van der Waals surface area contributed by atoms with Crippen LogP contribution in [0.1, 0.15) is 36.6 Å². The monoisotopic (exact) mass is 289 g/mol. The molecule has 3 rings (SSSR count). The van der Waals surface area contributed by atoms with Crippen molar-refractivity contribution in [1.29, 1.82) is 0 Å². The van der Waals surface area contributed by atoms with Crippen LogP contribution in [-0.4, -0.2) is 36.3 Å². The molecule has 0 amide bonds. The van der Waals surface area contributed by atoms with Crippen LogP contribution in [0, 0.1) is 0 Å². The van der Waals surface area contributed by atoms with Crippen LogP contribution in [0.5, 0.6) is 0 Å². The van der Waals surface area contributed by atoms with Crippen LogP contribution in [0.25, 0.3) is 0 Å². The number of aromatic nitrogens is 2. The first-order valence-electron chi connectivity index (χ1n) is 7.48. The number of nitrogens with one attached hydrogen (secondary N) is 4. The summed E-state index contributed by atoms with van der Waals surface area (Å²) < 4.78 is 0. The lowest BCUT2D eigenvalue weighted by molar-refractivity contribution is 0.485. The predicted octanol–water partition coefficient (Wildman–Crippen LogP) is 0.0706. The fourth-order valence-corrected chi connectivity index (χ4v) is 2.36. The van der Waals surface area contributed by atoms with E-state index < -0.39 is 5.66 Å². The van der Waals surface area contributed by atoms with Crippen molar-refractivity contribution in [3.05, 3.63) is 29.7 Å². The van der Waals surface area contributed by atoms with Gasteiger partial charge in [-0.15, -0.1) is 0 Å². The summed E-state index contributed by atoms with van der Waals surface area (Å²) in [5, 5.41) is 17.0. The molecule has 1 unspecified atom stereocenters. The molecule has 2 aliphatic rings. The normalized spacial score (nSPS) is 24.6. The first-order valence-corrected chi connectivity index (χ1v) is 7.48. The summed E-state index contributed by atoms with van der Waals surface area (Å²) in [5.74, 6) is 1.32. The van der Waals surface area contributed by atoms with Gasteiger partial charge in [0.1, 0.15) is 5.69 Å². The fraction of sp³-hybridized carbons (Fsp3) is 0.571. The second-order valence-electron chi connectivity index (χ2n) is 5.65. The van der Waals surface area contributed by atoms with Crippen LogP contribution in [0.2, 0.25) is 0 Å². The van der Waals surface area contributed by atoms with Gasteiger partial charge in [0.05, 0.1) is 0 Å². The van der Waals surface area contributed by atoms with Crippen molar-refractivity contribution in [3.63, 3.8) is 0 Å². The Labute approximate surface area is 124 Å². The molecule has 1 saturated carbocycles. The number of hydrogen-bond donors (Lipinski definition) is 5. The van der Waals surface area contributed by atoms with Gasteiger partial charge in [-0.2, -0.15) is 5.10 Å². The Morgan fingerprint density at radius 1 is 1.43 bits per heavy atom. The van der Waals surface area contributed by atoms with Gasteiger partial charge in [-0.05, 0) is 45.0 Å². The van der Waals surface area contributed by atoms with E-state index in [4.69, 9.17) is 5.73 Å². The Morgan fingerprint density at radius 2 is 2.29 bits per heavy atom. The zero-order chi connectivity index (χ0) is 14.7. The molecule has 7 nitrogen and oxygen atoms in total. The summed E-state index contributed by atoms with van der Waals surface area (Å²) in [7, 11) is 1.94. The van der Waals surface area contributed by atoms with E-state index in [1.54, 1.807) is 6.20 Å². The molecule has 114 valence electrons. The summed E-state index contributed by atoms with van der Waals surface area (Å²) in [6.07, 6.45) is 7.05. The van der Waals surface area contributed by atoms with E-state index in [0.717, 1.165) is 25.2 Å². The average Bonchev–Trinajstić information content (AvgIpc) is 3.20. The molecule has 6 N–H and O–H groups in total. The molecule has 0 spiro atoms. The Balaban J connectivity index is 1.62. The molecule has 1 fully saturated rings. The van der Waals surface area contributed by atoms with E-state index in [1.807, 2.05) is 13.1 Å². The van der Waals surface area contributed by atoms with Gasteiger partial charge in [0, 0.05) is 24.4 Å². The van der Waals surface area contributed by atoms with Crippen LogP contribution < -0.4 is 21.7 Å². The number of aromatic amines is 1. The summed E-state index contributed by atoms with van der Waals surface area (Å²) >= 11 is 0. The third-order valence-corrected chi connectivity index (χ3v) is 3.80. The maximum Gasteiger partial charge on any atom is 0.197 e. The maximum absolute atomic E-state index is 6.42. The van der Waals surface area contributed by atoms with Crippen molar-refractivity contribution in [3.8, 4) is 0 Å². The second-order valence-corrected chi connectivity index (χ2v) is 5.65. The highest BCUT2D eigenvalue weighted by atomic mass is 15.3. The molecule has 1 aliphatic carbocycles. The number of nitrogens with zero attached hydrogens (tertiary/aromatic N) is 2. The number of H-pyrrole nitrogens is 1. The summed E-state index contributed by atoms with van der Waals surface area (Å²) in [4.78, 5) is 4.28. The van der Waals surface area contributed by atoms with Crippen LogP contribution in [-0.2, 0) is 5.66 Å². The van der Waals surface area contributed by atoms with Crippen LogP contribution in [0.3, 0.4) is 0 Å². The van der Waals surface area contributed by atoms with Gasteiger partial charge in [0.15, 0.2) is 11.6 Å². The highest BCUT2D eigenvalue weighted by molar-refractivity contribution is 5.82. The number of aliphatic imine (C=N–C) groups is 1. The molecule has 0 radical (unpaired) electrons. The van der Waals surface area contributed by atoms with E-state index in [1.165, 1.54) is 18.5 Å². The third-order valence-electron chi connectivity index (χ3n) is 3.80. The van der Waals surface area contributed by atoms with Crippen LogP contribution >= 0.6 is 0 Å². The molecule has 21 heavy (non-hydrogen) atoms. The van der Waals surface area contributed by atoms with Gasteiger partial charge < -0.3 is 21.7 Å². The van der Waals surface area contributed by atoms with Crippen LogP contribution in [0.15, 0.2) is 23.3 Å². The predicted molar refractivity (Wildman–Crippen MR) is 82.7 cm³/mol. The Hall–Kier alpha value is -1.86. The SMILES string of the molecule is CNCCCNC1=NC=CC(N)(c2cc(C3CC3)[nH]n2)N1. The van der Waals surface area contributed by atoms with Crippen molar-refractivity contribution >= 4 is 5.96 Å². The van der Waals surface area contributed by atoms with Crippen molar-refractivity contribution in [2.75, 3.05) is 20.1 Å². The van der Waals surface area contributed by atoms with Gasteiger partial charge in [-0.25, -0.2) is 4.99 Å². The molecule has 1 aromatic heterocycles. The van der Waals surface area contributed by atoms with Crippen molar-refractivity contribution in [2.24, 2.45) is 10.7 Å². The van der Waals surface area contributed by atoms with Crippen molar-refractivity contribution in [1.82, 2.24) is 26.1 Å². The quantitative estimate of drug-likeness (QED) is 0.477. The minimum absolute atomic E-state index is 0.634. The Morgan fingerprint density at radius 3 is 3.05 bits per heavy atom. The molecule has 1 atom stereocenters. The number of rotatable bonds is 6. The molecule has 0 aromatic carbocycles. The molecular weight excluding hydrogens is 266 g/mol. The first-order chi connectivity index (χ1) is 10.2. The molecule has 0 saturated heterocycles. The lowest BCUT2D eigenvalue weighted by Gasteiger charge is -2.29. The fourth-order valence-electron chi connectivity index (χ4n) is 2.36. The number of nitrogens with two attached hydrogens (primary N) is 1. The molecule has 0 bridgehead atoms. The molecular formula is C14H23N7. The second kappa shape index (κ2) is 5.87. The topological polar surface area (TPSA) is 103 Å². The van der Waals surface area contributed by atoms with E-state index in [2.05, 4.69) is 37.2 Å². The minimum Gasteiger partial charge on any atom is -0.356 e. The van der Waals surface area contributed by atoms with E-state index in [9.17, 15) is 0 Å². The average molecular weight is 289 g/mol. The Bertz CT molecular complexity index is 543. The molecule has 2 heterocycles. The van der Waals surface area contributed by atoms with Gasteiger partial charge in [-0.1, -0.05) is 0 Å². The van der Waals surface area contributed by atoms with Crippen molar-refractivity contribution < 1.29 is 0 Å². The van der Waals surface area contributed by atoms with Gasteiger partial charge in [-0.3, -0.25) is 5.10 Å². The summed E-state index contributed by atoms with van der Waals surface area (Å²) in [6, 6.07) is 2.05. The minimum atomic E-state index is -0.809. The van der Waals surface area contributed by atoms with Crippen LogP contribution in [0.4, 0.5) is 0 Å². The van der Waals surface area contributed by atoms with Gasteiger partial charge in [0.2, 0.25) is 0 Å². The molecule has 1 aliphatic heterocycles. The van der Waals surface area contributed by atoms with Gasteiger partial charge >= 0.3 is 0 Å². The standard InChI is InChI=1S/C14H23N7/c1-16-6-2-7-17-13-18-8-5-14(15,19-13)12-9-11(20-21-12)10-3-4-10/h5,8-10,16H,2-4,6-7,15H2,1H3,(H,20,21)(H2,17,18,19). The highest BCUT2D eigenvalue weighted by Crippen LogP contribution is 2.39. The third kappa shape index (κ3) is 3.25. The largest absolute Gasteiger partial charge is 0.356 e. The summed E-state index contributed by atoms with van der Waals surface area (Å²) in [6.45, 7) is 1.80. The maximum atomic E-state index is 6.42. The lowest BCUT2D eigenvalue weighted by atomic mass is 10.1. The smallest absolute Gasteiger partial charge is 0.197 e. The molecule has 7 heteroatoms. The zero-order valence-electron chi connectivity index (χ0n) is 12.3. The first kappa shape index (κ1) is 14.1. The zero-order valence-corrected chi connectivity index (χ0v) is 12.3. The van der Waals surface area contributed by atoms with E-state index in [0.29, 0.717) is 11.9 Å². The Kier molecular flexibility index (Phi) is 3.94. The summed E-state index contributed by atoms with van der Waals surface area (Å²) in [5.41, 5.74) is 7.59. The molecule has 1 aromatic rings.